The van der Waals surface area contributed by atoms with Crippen LogP contribution in [0.1, 0.15) is 167 Å². The molecule has 0 atom stereocenters. The van der Waals surface area contributed by atoms with Crippen LogP contribution in [0, 0.1) is 0 Å². The fourth-order valence-corrected chi connectivity index (χ4v) is 6.74. The highest BCUT2D eigenvalue weighted by Crippen LogP contribution is 2.17. The van der Waals surface area contributed by atoms with E-state index in [9.17, 15) is 9.59 Å². The molecule has 0 aliphatic heterocycles. The fourth-order valence-electron chi connectivity index (χ4n) is 6.74. The third-order valence-corrected chi connectivity index (χ3v) is 9.95. The summed E-state index contributed by atoms with van der Waals surface area (Å²) in [5, 5.41) is 6.20. The number of nitrogens with one attached hydrogen (secondary N) is 2. The first-order valence-electron chi connectivity index (χ1n) is 21.2. The minimum absolute atomic E-state index is 0.0962. The van der Waals surface area contributed by atoms with E-state index in [4.69, 9.17) is 0 Å². The molecule has 0 radical (unpaired) electrons. The summed E-state index contributed by atoms with van der Waals surface area (Å²) in [4.78, 5) is 30.6. The number of nitrogens with zero attached hydrogens (tertiary/aromatic N) is 2. The summed E-state index contributed by atoms with van der Waals surface area (Å²) in [6.45, 7) is 15.7. The molecule has 0 heterocycles. The fraction of sp³-hybridized carbons (Fsp3) is 0.689. The predicted molar refractivity (Wildman–Crippen MR) is 221 cm³/mol. The van der Waals surface area contributed by atoms with Crippen LogP contribution in [0.2, 0.25) is 0 Å². The normalized spacial score (nSPS) is 11.4. The van der Waals surface area contributed by atoms with Crippen molar-refractivity contribution in [2.24, 2.45) is 0 Å². The zero-order valence-electron chi connectivity index (χ0n) is 33.4. The van der Waals surface area contributed by atoms with Gasteiger partial charge in [0.25, 0.3) is 0 Å². The molecule has 0 saturated carbocycles. The first-order chi connectivity index (χ1) is 25.0. The molecule has 0 aliphatic rings. The van der Waals surface area contributed by atoms with E-state index in [0.717, 1.165) is 69.9 Å². The molecule has 2 amide bonds. The smallest absolute Gasteiger partial charge is 0.224 e. The standard InChI is InChI=1S/C45H76N4O2/c1-5-9-13-15-19-35-48(33-17-11-7-3)37-21-23-44(50)46-42-29-25-40(26-30-42)39-41-27-31-43(32-28-41)47-45(51)24-22-38-49(34-18-12-8-4)36-20-16-14-10-6-2/h25-32H,5-24,33-39H2,1-4H3,(H,46,50)(H,47,51). The lowest BCUT2D eigenvalue weighted by Crippen LogP contribution is -2.28. The number of carbonyl (C=O) groups excluding carboxylic acids is 2. The molecule has 0 bridgehead atoms. The molecule has 6 nitrogen and oxygen atoms in total. The number of unbranched alkanes of at least 4 members (excludes halogenated alkanes) is 12. The Hall–Kier alpha value is -2.70. The van der Waals surface area contributed by atoms with Crippen LogP contribution in [0.5, 0.6) is 0 Å². The second-order valence-corrected chi connectivity index (χ2v) is 14.8. The van der Waals surface area contributed by atoms with Gasteiger partial charge in [0.2, 0.25) is 11.8 Å². The number of anilines is 2. The molecule has 288 valence electrons. The van der Waals surface area contributed by atoms with Gasteiger partial charge in [0, 0.05) is 24.2 Å². The van der Waals surface area contributed by atoms with E-state index in [-0.39, 0.29) is 11.8 Å². The highest BCUT2D eigenvalue weighted by molar-refractivity contribution is 5.91. The molecule has 2 aromatic carbocycles. The maximum atomic E-state index is 12.7. The third-order valence-electron chi connectivity index (χ3n) is 9.95. The highest BCUT2D eigenvalue weighted by Gasteiger charge is 2.10. The van der Waals surface area contributed by atoms with E-state index in [0.29, 0.717) is 12.8 Å². The zero-order chi connectivity index (χ0) is 36.8. The van der Waals surface area contributed by atoms with Crippen LogP contribution in [-0.2, 0) is 16.0 Å². The summed E-state index contributed by atoms with van der Waals surface area (Å²) in [6, 6.07) is 16.4. The second-order valence-electron chi connectivity index (χ2n) is 14.8. The second kappa shape index (κ2) is 29.8. The molecule has 2 N–H and O–H groups in total. The number of benzene rings is 2. The van der Waals surface area contributed by atoms with Crippen molar-refractivity contribution in [3.05, 3.63) is 59.7 Å². The average molecular weight is 705 g/mol. The molecule has 0 spiro atoms. The lowest BCUT2D eigenvalue weighted by atomic mass is 10.0. The first-order valence-corrected chi connectivity index (χ1v) is 21.2. The quantitative estimate of drug-likeness (QED) is 0.0744. The van der Waals surface area contributed by atoms with E-state index < -0.39 is 0 Å². The Morgan fingerprint density at radius 3 is 1.06 bits per heavy atom. The van der Waals surface area contributed by atoms with E-state index >= 15 is 0 Å². The molecule has 2 rings (SSSR count). The lowest BCUT2D eigenvalue weighted by Gasteiger charge is -2.22. The molecule has 6 heteroatoms. The van der Waals surface area contributed by atoms with Gasteiger partial charge in [-0.25, -0.2) is 0 Å². The molecule has 0 saturated heterocycles. The van der Waals surface area contributed by atoms with Crippen molar-refractivity contribution in [3.63, 3.8) is 0 Å². The van der Waals surface area contributed by atoms with Gasteiger partial charge in [0.05, 0.1) is 0 Å². The topological polar surface area (TPSA) is 64.7 Å². The van der Waals surface area contributed by atoms with Crippen molar-refractivity contribution in [2.75, 3.05) is 49.9 Å². The van der Waals surface area contributed by atoms with Crippen molar-refractivity contribution in [3.8, 4) is 0 Å². The maximum Gasteiger partial charge on any atom is 0.224 e. The number of rotatable bonds is 32. The Bertz CT molecular complexity index is 1040. The van der Waals surface area contributed by atoms with Gasteiger partial charge in [0.1, 0.15) is 0 Å². The molecular weight excluding hydrogens is 629 g/mol. The van der Waals surface area contributed by atoms with E-state index in [2.05, 4.69) is 72.4 Å². The summed E-state index contributed by atoms with van der Waals surface area (Å²) in [5.74, 6) is 0.192. The average Bonchev–Trinajstić information content (AvgIpc) is 3.12. The van der Waals surface area contributed by atoms with Crippen LogP contribution in [0.15, 0.2) is 48.5 Å². The monoisotopic (exact) mass is 705 g/mol. The van der Waals surface area contributed by atoms with Crippen molar-refractivity contribution in [1.82, 2.24) is 9.80 Å². The molecule has 0 fully saturated rings. The number of hydrogen-bond acceptors (Lipinski definition) is 4. The van der Waals surface area contributed by atoms with Crippen LogP contribution in [0.4, 0.5) is 11.4 Å². The summed E-state index contributed by atoms with van der Waals surface area (Å²) >= 11 is 0. The number of amides is 2. The molecule has 2 aromatic rings. The first kappa shape index (κ1) is 44.5. The van der Waals surface area contributed by atoms with Crippen molar-refractivity contribution in [2.45, 2.75) is 163 Å². The van der Waals surface area contributed by atoms with E-state index in [1.807, 2.05) is 24.3 Å². The van der Waals surface area contributed by atoms with Crippen LogP contribution >= 0.6 is 0 Å². The molecular formula is C45H76N4O2. The Morgan fingerprint density at radius 1 is 0.412 bits per heavy atom. The zero-order valence-corrected chi connectivity index (χ0v) is 33.4. The van der Waals surface area contributed by atoms with Gasteiger partial charge in [-0.05, 0) is 120 Å². The van der Waals surface area contributed by atoms with Crippen molar-refractivity contribution >= 4 is 23.2 Å². The van der Waals surface area contributed by atoms with Crippen LogP contribution in [0.25, 0.3) is 0 Å². The van der Waals surface area contributed by atoms with Gasteiger partial charge in [-0.2, -0.15) is 0 Å². The van der Waals surface area contributed by atoms with Crippen LogP contribution < -0.4 is 10.6 Å². The third kappa shape index (κ3) is 22.8. The Labute approximate surface area is 313 Å². The molecule has 0 aromatic heterocycles. The Balaban J connectivity index is 1.71. The van der Waals surface area contributed by atoms with Crippen LogP contribution in [-0.4, -0.2) is 60.9 Å². The Morgan fingerprint density at radius 2 is 0.706 bits per heavy atom. The minimum atomic E-state index is 0.0962. The minimum Gasteiger partial charge on any atom is -0.326 e. The molecule has 51 heavy (non-hydrogen) atoms. The van der Waals surface area contributed by atoms with Gasteiger partial charge < -0.3 is 20.4 Å². The predicted octanol–water partition coefficient (Wildman–Crippen LogP) is 11.6. The highest BCUT2D eigenvalue weighted by atomic mass is 16.2. The van der Waals surface area contributed by atoms with Crippen LogP contribution in [0.3, 0.4) is 0 Å². The van der Waals surface area contributed by atoms with Gasteiger partial charge in [-0.3, -0.25) is 9.59 Å². The summed E-state index contributed by atoms with van der Waals surface area (Å²) < 4.78 is 0. The summed E-state index contributed by atoms with van der Waals surface area (Å²) in [5.41, 5.74) is 4.10. The maximum absolute atomic E-state index is 12.7. The largest absolute Gasteiger partial charge is 0.326 e. The van der Waals surface area contributed by atoms with Crippen molar-refractivity contribution < 1.29 is 9.59 Å². The van der Waals surface area contributed by atoms with Gasteiger partial charge >= 0.3 is 0 Å². The molecule has 0 unspecified atom stereocenters. The van der Waals surface area contributed by atoms with E-state index in [1.165, 1.54) is 114 Å². The number of carbonyl (C=O) groups is 2. The summed E-state index contributed by atoms with van der Waals surface area (Å²) in [7, 11) is 0. The van der Waals surface area contributed by atoms with Gasteiger partial charge in [-0.1, -0.05) is 129 Å². The van der Waals surface area contributed by atoms with Gasteiger partial charge in [-0.15, -0.1) is 0 Å². The number of hydrogen-bond donors (Lipinski definition) is 2. The van der Waals surface area contributed by atoms with Gasteiger partial charge in [0.15, 0.2) is 0 Å². The SMILES string of the molecule is CCCCCCCN(CCCCC)CCCC(=O)Nc1ccc(Cc2ccc(NC(=O)CCCN(CCCCC)CCCCCCC)cc2)cc1. The van der Waals surface area contributed by atoms with Crippen molar-refractivity contribution in [1.29, 1.82) is 0 Å². The summed E-state index contributed by atoms with van der Waals surface area (Å²) in [6.07, 6.45) is 24.4. The molecule has 0 aliphatic carbocycles. The van der Waals surface area contributed by atoms with E-state index in [1.54, 1.807) is 0 Å². The Kier molecular flexibility index (Phi) is 26.0. The lowest BCUT2D eigenvalue weighted by molar-refractivity contribution is -0.117.